The van der Waals surface area contributed by atoms with Gasteiger partial charge in [-0.25, -0.2) is 18.1 Å². The minimum absolute atomic E-state index is 0.193. The smallest absolute Gasteiger partial charge is 0.250 e. The van der Waals surface area contributed by atoms with Gasteiger partial charge in [0.25, 0.3) is 0 Å². The van der Waals surface area contributed by atoms with Crippen LogP contribution >= 0.6 is 11.3 Å². The molecule has 17 heavy (non-hydrogen) atoms. The molecular weight excluding hydrogens is 260 g/mol. The number of sulfonamides is 1. The van der Waals surface area contributed by atoms with Gasteiger partial charge in [-0.15, -0.1) is 11.3 Å². The maximum Gasteiger partial charge on any atom is 0.250 e. The first-order valence-electron chi connectivity index (χ1n) is 4.87. The molecule has 0 spiro atoms. The molecule has 0 radical (unpaired) electrons. The van der Waals surface area contributed by atoms with Crippen LogP contribution in [0.4, 0.5) is 0 Å². The summed E-state index contributed by atoms with van der Waals surface area (Å²) >= 11 is 1.18. The summed E-state index contributed by atoms with van der Waals surface area (Å²) in [6.07, 6.45) is 3.07. The van der Waals surface area contributed by atoms with Crippen LogP contribution in [0.5, 0.6) is 0 Å². The van der Waals surface area contributed by atoms with Crippen molar-refractivity contribution < 1.29 is 8.42 Å². The lowest BCUT2D eigenvalue weighted by molar-refractivity contribution is 0.582. The summed E-state index contributed by atoms with van der Waals surface area (Å²) in [5.74, 6) is 0. The topological polar surface area (TPSA) is 101 Å². The molecule has 4 N–H and O–H groups in total. The molecule has 2 heterocycles. The van der Waals surface area contributed by atoms with Crippen molar-refractivity contribution >= 4 is 21.4 Å². The minimum atomic E-state index is -3.46. The number of imidazole rings is 1. The van der Waals surface area contributed by atoms with Gasteiger partial charge in [-0.1, -0.05) is 0 Å². The molecule has 0 aliphatic heterocycles. The van der Waals surface area contributed by atoms with Crippen molar-refractivity contribution in [1.82, 2.24) is 14.7 Å². The van der Waals surface area contributed by atoms with E-state index < -0.39 is 10.0 Å². The van der Waals surface area contributed by atoms with E-state index in [2.05, 4.69) is 14.7 Å². The monoisotopic (exact) mass is 272 g/mol. The summed E-state index contributed by atoms with van der Waals surface area (Å²) in [7, 11) is -3.46. The molecule has 92 valence electrons. The number of nitrogens with one attached hydrogen (secondary N) is 2. The minimum Gasteiger partial charge on any atom is -0.347 e. The first kappa shape index (κ1) is 12.2. The highest BCUT2D eigenvalue weighted by Crippen LogP contribution is 2.20. The van der Waals surface area contributed by atoms with Crippen LogP contribution < -0.4 is 10.5 Å². The average Bonchev–Trinajstić information content (AvgIpc) is 2.98. The van der Waals surface area contributed by atoms with E-state index in [9.17, 15) is 8.42 Å². The fraction of sp³-hybridized carbons (Fsp3) is 0.222. The van der Waals surface area contributed by atoms with Crippen LogP contribution in [0, 0.1) is 0 Å². The van der Waals surface area contributed by atoms with E-state index in [0.717, 1.165) is 4.88 Å². The Morgan fingerprint density at radius 2 is 2.29 bits per heavy atom. The van der Waals surface area contributed by atoms with Crippen molar-refractivity contribution in [1.29, 1.82) is 0 Å². The second-order valence-corrected chi connectivity index (χ2v) is 6.49. The van der Waals surface area contributed by atoms with Gasteiger partial charge in [0, 0.05) is 23.3 Å². The standard InChI is InChI=1S/C9H12N4O2S2/c10-3-8-1-2-9(16-8)17(14,15)13-5-7-4-11-6-12-7/h1-2,4,6,13H,3,5,10H2,(H,11,12). The molecule has 2 aromatic heterocycles. The lowest BCUT2D eigenvalue weighted by Gasteiger charge is -2.02. The Bertz CT molecular complexity index is 574. The molecule has 0 aliphatic carbocycles. The number of rotatable bonds is 5. The van der Waals surface area contributed by atoms with E-state index in [-0.39, 0.29) is 10.8 Å². The van der Waals surface area contributed by atoms with Crippen LogP contribution in [0.3, 0.4) is 0 Å². The van der Waals surface area contributed by atoms with E-state index in [1.807, 2.05) is 0 Å². The predicted molar refractivity (Wildman–Crippen MR) is 64.8 cm³/mol. The summed E-state index contributed by atoms with van der Waals surface area (Å²) < 4.78 is 26.5. The molecule has 0 unspecified atom stereocenters. The third-order valence-corrected chi connectivity index (χ3v) is 5.11. The summed E-state index contributed by atoms with van der Waals surface area (Å²) in [4.78, 5) is 7.47. The van der Waals surface area contributed by atoms with Crippen molar-refractivity contribution in [3.8, 4) is 0 Å². The van der Waals surface area contributed by atoms with Crippen LogP contribution in [0.1, 0.15) is 10.6 Å². The second kappa shape index (κ2) is 4.96. The van der Waals surface area contributed by atoms with Gasteiger partial charge in [0.1, 0.15) is 4.21 Å². The highest BCUT2D eigenvalue weighted by molar-refractivity contribution is 7.91. The van der Waals surface area contributed by atoms with Gasteiger partial charge in [0.05, 0.1) is 12.9 Å². The molecule has 0 atom stereocenters. The molecule has 0 amide bonds. The lowest BCUT2D eigenvalue weighted by atomic mass is 10.5. The molecule has 2 aromatic rings. The lowest BCUT2D eigenvalue weighted by Crippen LogP contribution is -2.22. The number of hydrogen-bond donors (Lipinski definition) is 3. The number of thiophene rings is 1. The number of aromatic amines is 1. The third-order valence-electron chi connectivity index (χ3n) is 2.11. The van der Waals surface area contributed by atoms with Crippen LogP contribution in [0.2, 0.25) is 0 Å². The van der Waals surface area contributed by atoms with Gasteiger partial charge in [-0.3, -0.25) is 0 Å². The summed E-state index contributed by atoms with van der Waals surface area (Å²) in [6, 6.07) is 3.28. The van der Waals surface area contributed by atoms with Crippen molar-refractivity contribution in [3.63, 3.8) is 0 Å². The molecule has 0 fully saturated rings. The number of nitrogens with two attached hydrogens (primary N) is 1. The van der Waals surface area contributed by atoms with Crippen molar-refractivity contribution in [2.75, 3.05) is 0 Å². The van der Waals surface area contributed by atoms with Gasteiger partial charge < -0.3 is 10.7 Å². The largest absolute Gasteiger partial charge is 0.347 e. The van der Waals surface area contributed by atoms with E-state index in [4.69, 9.17) is 5.73 Å². The van der Waals surface area contributed by atoms with Crippen LogP contribution in [-0.4, -0.2) is 18.4 Å². The Kier molecular flexibility index (Phi) is 3.57. The Balaban J connectivity index is 2.08. The number of hydrogen-bond acceptors (Lipinski definition) is 5. The van der Waals surface area contributed by atoms with Crippen molar-refractivity contribution in [2.45, 2.75) is 17.3 Å². The molecule has 0 aromatic carbocycles. The van der Waals surface area contributed by atoms with Gasteiger partial charge in [0.15, 0.2) is 0 Å². The van der Waals surface area contributed by atoms with Crippen LogP contribution in [-0.2, 0) is 23.1 Å². The van der Waals surface area contributed by atoms with E-state index in [1.54, 1.807) is 18.3 Å². The van der Waals surface area contributed by atoms with Gasteiger partial charge in [0.2, 0.25) is 10.0 Å². The Morgan fingerprint density at radius 1 is 1.47 bits per heavy atom. The summed E-state index contributed by atoms with van der Waals surface area (Å²) in [6.45, 7) is 0.541. The van der Waals surface area contributed by atoms with Gasteiger partial charge >= 0.3 is 0 Å². The maximum atomic E-state index is 11.9. The van der Waals surface area contributed by atoms with Gasteiger partial charge in [-0.05, 0) is 12.1 Å². The molecule has 0 saturated carbocycles. The number of H-pyrrole nitrogens is 1. The zero-order valence-corrected chi connectivity index (χ0v) is 10.5. The van der Waals surface area contributed by atoms with E-state index in [1.165, 1.54) is 17.7 Å². The summed E-state index contributed by atoms with van der Waals surface area (Å²) in [5, 5.41) is 0. The number of nitrogens with zero attached hydrogens (tertiary/aromatic N) is 1. The molecule has 8 heteroatoms. The molecule has 6 nitrogen and oxygen atoms in total. The zero-order valence-electron chi connectivity index (χ0n) is 8.88. The fourth-order valence-electron chi connectivity index (χ4n) is 1.24. The normalized spacial score (nSPS) is 11.8. The zero-order chi connectivity index (χ0) is 12.3. The Labute approximate surface area is 103 Å². The molecule has 2 rings (SSSR count). The van der Waals surface area contributed by atoms with Crippen LogP contribution in [0.25, 0.3) is 0 Å². The maximum absolute atomic E-state index is 11.9. The van der Waals surface area contributed by atoms with E-state index >= 15 is 0 Å². The first-order chi connectivity index (χ1) is 8.12. The van der Waals surface area contributed by atoms with E-state index in [0.29, 0.717) is 12.2 Å². The average molecular weight is 272 g/mol. The SMILES string of the molecule is NCc1ccc(S(=O)(=O)NCc2cnc[nH]2)s1. The quantitative estimate of drug-likeness (QED) is 0.733. The molecule has 0 aliphatic rings. The number of aromatic nitrogens is 2. The highest BCUT2D eigenvalue weighted by atomic mass is 32.2. The van der Waals surface area contributed by atoms with Crippen molar-refractivity contribution in [3.05, 3.63) is 35.2 Å². The van der Waals surface area contributed by atoms with Crippen LogP contribution in [0.15, 0.2) is 28.9 Å². The fourth-order valence-corrected chi connectivity index (χ4v) is 3.52. The summed E-state index contributed by atoms with van der Waals surface area (Å²) in [5.41, 5.74) is 6.15. The highest BCUT2D eigenvalue weighted by Gasteiger charge is 2.16. The second-order valence-electron chi connectivity index (χ2n) is 3.33. The predicted octanol–water partition coefficient (Wildman–Crippen LogP) is 0.408. The molecule has 0 saturated heterocycles. The first-order valence-corrected chi connectivity index (χ1v) is 7.17. The van der Waals surface area contributed by atoms with Crippen molar-refractivity contribution in [2.24, 2.45) is 5.73 Å². The molecular formula is C9H12N4O2S2. The third kappa shape index (κ3) is 2.91. The van der Waals surface area contributed by atoms with Gasteiger partial charge in [-0.2, -0.15) is 0 Å². The Morgan fingerprint density at radius 3 is 2.88 bits per heavy atom. The Hall–Kier alpha value is -1.22. The molecule has 0 bridgehead atoms.